The van der Waals surface area contributed by atoms with E-state index in [1.165, 1.54) is 26.0 Å². The summed E-state index contributed by atoms with van der Waals surface area (Å²) in [4.78, 5) is 21.7. The van der Waals surface area contributed by atoms with Crippen molar-refractivity contribution in [1.29, 1.82) is 0 Å². The molecule has 0 aliphatic carbocycles. The zero-order chi connectivity index (χ0) is 17.3. The Morgan fingerprint density at radius 3 is 2.39 bits per heavy atom. The second-order valence-electron chi connectivity index (χ2n) is 4.14. The lowest BCUT2D eigenvalue weighted by Crippen LogP contribution is -2.17. The van der Waals surface area contributed by atoms with Crippen LogP contribution >= 0.6 is 0 Å². The summed E-state index contributed by atoms with van der Waals surface area (Å²) in [6.45, 7) is 2.77. The van der Waals surface area contributed by atoms with Crippen LogP contribution in [0.25, 0.3) is 0 Å². The normalized spacial score (nSPS) is 11.6. The van der Waals surface area contributed by atoms with Crippen LogP contribution in [0.15, 0.2) is 36.5 Å². The van der Waals surface area contributed by atoms with Gasteiger partial charge in [-0.25, -0.2) is 0 Å². The molecule has 0 heterocycles. The van der Waals surface area contributed by atoms with Gasteiger partial charge in [-0.2, -0.15) is 0 Å². The highest BCUT2D eigenvalue weighted by atomic mass is 16.6. The van der Waals surface area contributed by atoms with Gasteiger partial charge in [0, 0.05) is 20.3 Å². The van der Waals surface area contributed by atoms with Crippen molar-refractivity contribution in [2.45, 2.75) is 26.4 Å². The van der Waals surface area contributed by atoms with Crippen molar-refractivity contribution in [3.8, 4) is 23.7 Å². The summed E-state index contributed by atoms with van der Waals surface area (Å²) < 4.78 is 9.89. The number of allylic oxidation sites excluding steroid dienone is 4. The molecular weight excluding hydrogens is 296 g/mol. The third kappa shape index (κ3) is 15.4. The molecule has 1 unspecified atom stereocenters. The summed E-state index contributed by atoms with van der Waals surface area (Å²) in [6.07, 6.45) is 9.60. The first-order valence-corrected chi connectivity index (χ1v) is 6.97. The Morgan fingerprint density at radius 1 is 1.09 bits per heavy atom. The smallest absolute Gasteiger partial charge is 0.303 e. The maximum Gasteiger partial charge on any atom is 0.303 e. The SMILES string of the molecule is CC(=O)OCCC(/C=C/C=C/C#CC#C/C=C/CO)OC(C)=O. The first-order chi connectivity index (χ1) is 11.1. The predicted molar refractivity (Wildman–Crippen MR) is 86.9 cm³/mol. The van der Waals surface area contributed by atoms with Crippen LogP contribution in [0, 0.1) is 23.7 Å². The van der Waals surface area contributed by atoms with E-state index >= 15 is 0 Å². The number of carbonyl (C=O) groups excluding carboxylic acids is 2. The summed E-state index contributed by atoms with van der Waals surface area (Å²) in [6, 6.07) is 0. The average molecular weight is 316 g/mol. The number of hydrogen-bond acceptors (Lipinski definition) is 5. The van der Waals surface area contributed by atoms with Gasteiger partial charge in [-0.05, 0) is 30.1 Å². The number of ether oxygens (including phenoxy) is 2. The molecule has 0 spiro atoms. The molecular formula is C18H20O5. The quantitative estimate of drug-likeness (QED) is 0.438. The van der Waals surface area contributed by atoms with E-state index in [-0.39, 0.29) is 19.2 Å². The number of aliphatic hydroxyl groups is 1. The summed E-state index contributed by atoms with van der Waals surface area (Å²) >= 11 is 0. The van der Waals surface area contributed by atoms with Crippen molar-refractivity contribution in [3.05, 3.63) is 36.5 Å². The molecule has 0 amide bonds. The second-order valence-corrected chi connectivity index (χ2v) is 4.14. The van der Waals surface area contributed by atoms with Gasteiger partial charge in [0.2, 0.25) is 0 Å². The fourth-order valence-corrected chi connectivity index (χ4v) is 1.29. The van der Waals surface area contributed by atoms with Crippen molar-refractivity contribution in [3.63, 3.8) is 0 Å². The molecule has 23 heavy (non-hydrogen) atoms. The van der Waals surface area contributed by atoms with E-state index in [0.717, 1.165) is 0 Å². The van der Waals surface area contributed by atoms with E-state index in [1.807, 2.05) is 0 Å². The number of hydrogen-bond donors (Lipinski definition) is 1. The minimum atomic E-state index is -0.465. The van der Waals surface area contributed by atoms with Crippen LogP contribution in [-0.4, -0.2) is 36.4 Å². The van der Waals surface area contributed by atoms with Gasteiger partial charge in [0.25, 0.3) is 0 Å². The van der Waals surface area contributed by atoms with Crippen LogP contribution in [0.5, 0.6) is 0 Å². The maximum atomic E-state index is 11.0. The van der Waals surface area contributed by atoms with E-state index in [4.69, 9.17) is 14.6 Å². The largest absolute Gasteiger partial charge is 0.466 e. The summed E-state index contributed by atoms with van der Waals surface area (Å²) in [5, 5.41) is 8.48. The summed E-state index contributed by atoms with van der Waals surface area (Å²) in [7, 11) is 0. The Kier molecular flexibility index (Phi) is 12.5. The van der Waals surface area contributed by atoms with Gasteiger partial charge in [-0.15, -0.1) is 0 Å². The number of aliphatic hydroxyl groups excluding tert-OH is 1. The lowest BCUT2D eigenvalue weighted by Gasteiger charge is -2.12. The number of carbonyl (C=O) groups is 2. The van der Waals surface area contributed by atoms with Crippen LogP contribution in [0.3, 0.4) is 0 Å². The fourth-order valence-electron chi connectivity index (χ4n) is 1.29. The summed E-state index contributed by atoms with van der Waals surface area (Å²) in [5.41, 5.74) is 0. The molecule has 0 saturated carbocycles. The highest BCUT2D eigenvalue weighted by molar-refractivity contribution is 5.66. The average Bonchev–Trinajstić information content (AvgIpc) is 2.48. The fraction of sp³-hybridized carbons (Fsp3) is 0.333. The van der Waals surface area contributed by atoms with Crippen LogP contribution in [0.2, 0.25) is 0 Å². The molecule has 122 valence electrons. The van der Waals surface area contributed by atoms with Gasteiger partial charge in [0.15, 0.2) is 0 Å². The van der Waals surface area contributed by atoms with Crippen molar-refractivity contribution in [2.75, 3.05) is 13.2 Å². The second kappa shape index (κ2) is 14.2. The van der Waals surface area contributed by atoms with Crippen molar-refractivity contribution < 1.29 is 24.2 Å². The van der Waals surface area contributed by atoms with Crippen molar-refractivity contribution in [2.24, 2.45) is 0 Å². The van der Waals surface area contributed by atoms with E-state index in [1.54, 1.807) is 24.3 Å². The predicted octanol–water partition coefficient (Wildman–Crippen LogP) is 1.54. The third-order valence-corrected chi connectivity index (χ3v) is 2.15. The molecule has 0 bridgehead atoms. The van der Waals surface area contributed by atoms with Gasteiger partial charge in [-0.3, -0.25) is 9.59 Å². The Balaban J connectivity index is 4.35. The van der Waals surface area contributed by atoms with E-state index in [9.17, 15) is 9.59 Å². The van der Waals surface area contributed by atoms with Crippen molar-refractivity contribution in [1.82, 2.24) is 0 Å². The molecule has 0 saturated heterocycles. The highest BCUT2D eigenvalue weighted by Crippen LogP contribution is 2.02. The third-order valence-electron chi connectivity index (χ3n) is 2.15. The molecule has 1 N–H and O–H groups in total. The molecule has 0 aromatic heterocycles. The summed E-state index contributed by atoms with van der Waals surface area (Å²) in [5.74, 6) is 9.75. The Labute approximate surface area is 136 Å². The van der Waals surface area contributed by atoms with Gasteiger partial charge < -0.3 is 14.6 Å². The van der Waals surface area contributed by atoms with Crippen LogP contribution in [0.1, 0.15) is 20.3 Å². The Hall–Kier alpha value is -2.76. The molecule has 1 atom stereocenters. The number of esters is 2. The molecule has 0 fully saturated rings. The van der Waals surface area contributed by atoms with Gasteiger partial charge in [0.1, 0.15) is 6.10 Å². The minimum absolute atomic E-state index is 0.0479. The monoisotopic (exact) mass is 316 g/mol. The van der Waals surface area contributed by atoms with Crippen molar-refractivity contribution >= 4 is 11.9 Å². The lowest BCUT2D eigenvalue weighted by molar-refractivity contribution is -0.146. The topological polar surface area (TPSA) is 72.8 Å². The molecule has 5 nitrogen and oxygen atoms in total. The molecule has 0 rings (SSSR count). The molecule has 0 radical (unpaired) electrons. The Bertz CT molecular complexity index is 576. The molecule has 0 aliphatic rings. The zero-order valence-electron chi connectivity index (χ0n) is 13.2. The van der Waals surface area contributed by atoms with E-state index in [0.29, 0.717) is 6.42 Å². The standard InChI is InChI=1S/C18H20O5/c1-16(20)22-15-13-18(23-17(2)21)12-10-8-6-4-3-5-7-9-11-14-19/h6,8-12,18-19H,13-15H2,1-2H3/b8-6+,11-9+,12-10+. The zero-order valence-corrected chi connectivity index (χ0v) is 13.2. The van der Waals surface area contributed by atoms with Gasteiger partial charge in [0.05, 0.1) is 13.2 Å². The molecule has 0 aromatic rings. The van der Waals surface area contributed by atoms with Crippen LogP contribution < -0.4 is 0 Å². The molecule has 0 aliphatic heterocycles. The lowest BCUT2D eigenvalue weighted by atomic mass is 10.2. The Morgan fingerprint density at radius 2 is 1.78 bits per heavy atom. The first-order valence-electron chi connectivity index (χ1n) is 6.97. The van der Waals surface area contributed by atoms with E-state index in [2.05, 4.69) is 23.7 Å². The maximum absolute atomic E-state index is 11.0. The van der Waals surface area contributed by atoms with Crippen LogP contribution in [-0.2, 0) is 19.1 Å². The van der Waals surface area contributed by atoms with Crippen LogP contribution in [0.4, 0.5) is 0 Å². The van der Waals surface area contributed by atoms with E-state index < -0.39 is 12.1 Å². The van der Waals surface area contributed by atoms with Gasteiger partial charge in [-0.1, -0.05) is 30.1 Å². The number of rotatable bonds is 7. The molecule has 0 aromatic carbocycles. The highest BCUT2D eigenvalue weighted by Gasteiger charge is 2.08. The first kappa shape index (κ1) is 20.2. The molecule has 5 heteroatoms. The minimum Gasteiger partial charge on any atom is -0.466 e. The van der Waals surface area contributed by atoms with Gasteiger partial charge >= 0.3 is 11.9 Å².